The van der Waals surface area contributed by atoms with Crippen molar-refractivity contribution in [3.63, 3.8) is 0 Å². The van der Waals surface area contributed by atoms with E-state index in [1.807, 2.05) is 18.2 Å². The van der Waals surface area contributed by atoms with Crippen LogP contribution in [-0.2, 0) is 9.59 Å². The summed E-state index contributed by atoms with van der Waals surface area (Å²) >= 11 is 0. The van der Waals surface area contributed by atoms with Gasteiger partial charge in [0.05, 0.1) is 0 Å². The van der Waals surface area contributed by atoms with Crippen molar-refractivity contribution >= 4 is 17.8 Å². The van der Waals surface area contributed by atoms with Gasteiger partial charge in [0.15, 0.2) is 0 Å². The number of carbonyl (C=O) groups excluding carboxylic acids is 2. The Labute approximate surface area is 141 Å². The number of nitrogens with zero attached hydrogens (tertiary/aromatic N) is 1. The Bertz CT molecular complexity index is 592. The van der Waals surface area contributed by atoms with E-state index < -0.39 is 12.0 Å². The summed E-state index contributed by atoms with van der Waals surface area (Å²) in [5.74, 6) is -1.70. The third-order valence-electron chi connectivity index (χ3n) is 4.40. The topological polar surface area (TPSA) is 86.7 Å². The number of amides is 2. The van der Waals surface area contributed by atoms with Gasteiger partial charge < -0.3 is 15.3 Å². The number of benzene rings is 1. The molecule has 0 saturated carbocycles. The molecule has 1 heterocycles. The first-order chi connectivity index (χ1) is 11.4. The maximum absolute atomic E-state index is 12.4. The molecule has 2 N–H and O–H groups in total. The van der Waals surface area contributed by atoms with Crippen molar-refractivity contribution < 1.29 is 19.5 Å². The Morgan fingerprint density at radius 3 is 2.21 bits per heavy atom. The summed E-state index contributed by atoms with van der Waals surface area (Å²) in [6, 6.07) is 8.20. The molecule has 1 fully saturated rings. The molecule has 1 saturated heterocycles. The highest BCUT2D eigenvalue weighted by Gasteiger charge is 2.31. The van der Waals surface area contributed by atoms with E-state index in [1.165, 1.54) is 0 Å². The van der Waals surface area contributed by atoms with Crippen molar-refractivity contribution in [2.45, 2.75) is 32.7 Å². The van der Waals surface area contributed by atoms with Crippen LogP contribution in [0.4, 0.5) is 0 Å². The summed E-state index contributed by atoms with van der Waals surface area (Å²) < 4.78 is 0. The van der Waals surface area contributed by atoms with E-state index >= 15 is 0 Å². The highest BCUT2D eigenvalue weighted by molar-refractivity contribution is 5.94. The molecule has 1 aromatic rings. The molecule has 0 unspecified atom stereocenters. The second-order valence-corrected chi connectivity index (χ2v) is 6.50. The van der Waals surface area contributed by atoms with Crippen LogP contribution in [0.2, 0.25) is 0 Å². The van der Waals surface area contributed by atoms with Gasteiger partial charge in [0, 0.05) is 24.6 Å². The van der Waals surface area contributed by atoms with Crippen molar-refractivity contribution in [3.8, 4) is 0 Å². The van der Waals surface area contributed by atoms with Crippen LogP contribution in [0.3, 0.4) is 0 Å². The van der Waals surface area contributed by atoms with Crippen LogP contribution in [0.15, 0.2) is 30.3 Å². The fraction of sp³-hybridized carbons (Fsp3) is 0.500. The minimum absolute atomic E-state index is 0.0277. The highest BCUT2D eigenvalue weighted by atomic mass is 16.4. The second kappa shape index (κ2) is 7.95. The Balaban J connectivity index is 1.89. The molecule has 1 aliphatic rings. The Kier molecular flexibility index (Phi) is 5.95. The molecule has 6 heteroatoms. The molecule has 0 aromatic heterocycles. The molecule has 0 aliphatic carbocycles. The molecule has 6 nitrogen and oxygen atoms in total. The number of rotatable bonds is 5. The number of likely N-dealkylation sites (tertiary alicyclic amines) is 1. The van der Waals surface area contributed by atoms with Crippen molar-refractivity contribution in [2.75, 3.05) is 13.1 Å². The first kappa shape index (κ1) is 18.0. The maximum Gasteiger partial charge on any atom is 0.326 e. The van der Waals surface area contributed by atoms with E-state index in [9.17, 15) is 14.4 Å². The largest absolute Gasteiger partial charge is 0.480 e. The van der Waals surface area contributed by atoms with E-state index in [1.54, 1.807) is 30.9 Å². The summed E-state index contributed by atoms with van der Waals surface area (Å²) in [4.78, 5) is 37.6. The molecule has 1 atom stereocenters. The molecule has 130 valence electrons. The predicted octanol–water partition coefficient (Wildman–Crippen LogP) is 1.76. The van der Waals surface area contributed by atoms with Crippen molar-refractivity contribution in [1.29, 1.82) is 0 Å². The van der Waals surface area contributed by atoms with E-state index in [0.29, 0.717) is 31.5 Å². The van der Waals surface area contributed by atoms with Gasteiger partial charge in [-0.3, -0.25) is 9.59 Å². The summed E-state index contributed by atoms with van der Waals surface area (Å²) in [6.07, 6.45) is 1.10. The zero-order valence-electron chi connectivity index (χ0n) is 14.1. The van der Waals surface area contributed by atoms with Gasteiger partial charge in [0.25, 0.3) is 5.91 Å². The van der Waals surface area contributed by atoms with Crippen LogP contribution < -0.4 is 5.32 Å². The van der Waals surface area contributed by atoms with E-state index in [0.717, 1.165) is 0 Å². The lowest BCUT2D eigenvalue weighted by Crippen LogP contribution is -2.49. The van der Waals surface area contributed by atoms with Gasteiger partial charge in [0.2, 0.25) is 5.91 Å². The standard InChI is InChI=1S/C18H24N2O4/c1-12(2)15(18(23)24)19-16(21)13-8-10-20(11-9-13)17(22)14-6-4-3-5-7-14/h3-7,12-13,15H,8-11H2,1-2H3,(H,19,21)(H,23,24)/t15-/m0/s1. The number of aliphatic carboxylic acids is 1. The Hall–Kier alpha value is -2.37. The molecule has 0 bridgehead atoms. The van der Waals surface area contributed by atoms with Crippen molar-refractivity contribution in [2.24, 2.45) is 11.8 Å². The molecule has 2 rings (SSSR count). The van der Waals surface area contributed by atoms with Gasteiger partial charge in [0.1, 0.15) is 6.04 Å². The van der Waals surface area contributed by atoms with E-state index in [-0.39, 0.29) is 23.7 Å². The average molecular weight is 332 g/mol. The van der Waals surface area contributed by atoms with Crippen LogP contribution in [-0.4, -0.2) is 46.9 Å². The molecule has 2 amide bonds. The first-order valence-electron chi connectivity index (χ1n) is 8.27. The maximum atomic E-state index is 12.4. The molecule has 1 aromatic carbocycles. The Morgan fingerprint density at radius 2 is 1.71 bits per heavy atom. The van der Waals surface area contributed by atoms with Gasteiger partial charge in [-0.15, -0.1) is 0 Å². The van der Waals surface area contributed by atoms with E-state index in [2.05, 4.69) is 5.32 Å². The van der Waals surface area contributed by atoms with Crippen molar-refractivity contribution in [1.82, 2.24) is 10.2 Å². The number of nitrogens with one attached hydrogen (secondary N) is 1. The third kappa shape index (κ3) is 4.34. The quantitative estimate of drug-likeness (QED) is 0.860. The van der Waals surface area contributed by atoms with Gasteiger partial charge in [-0.1, -0.05) is 32.0 Å². The zero-order chi connectivity index (χ0) is 17.7. The average Bonchev–Trinajstić information content (AvgIpc) is 2.59. The molecule has 24 heavy (non-hydrogen) atoms. The SMILES string of the molecule is CC(C)[C@H](NC(=O)C1CCN(C(=O)c2ccccc2)CC1)C(=O)O. The van der Waals surface area contributed by atoms with Gasteiger partial charge in [-0.05, 0) is 30.9 Å². The van der Waals surface area contributed by atoms with Crippen LogP contribution in [0.25, 0.3) is 0 Å². The number of hydrogen-bond acceptors (Lipinski definition) is 3. The van der Waals surface area contributed by atoms with Gasteiger partial charge in [-0.2, -0.15) is 0 Å². The van der Waals surface area contributed by atoms with Crippen LogP contribution in [0, 0.1) is 11.8 Å². The van der Waals surface area contributed by atoms with Gasteiger partial charge >= 0.3 is 5.97 Å². The molecule has 0 radical (unpaired) electrons. The highest BCUT2D eigenvalue weighted by Crippen LogP contribution is 2.20. The lowest BCUT2D eigenvalue weighted by molar-refractivity contribution is -0.144. The molecular formula is C18H24N2O4. The monoisotopic (exact) mass is 332 g/mol. The summed E-state index contributed by atoms with van der Waals surface area (Å²) in [6.45, 7) is 4.54. The lowest BCUT2D eigenvalue weighted by atomic mass is 9.94. The summed E-state index contributed by atoms with van der Waals surface area (Å²) in [5.41, 5.74) is 0.645. The predicted molar refractivity (Wildman–Crippen MR) is 89.5 cm³/mol. The third-order valence-corrected chi connectivity index (χ3v) is 4.40. The minimum Gasteiger partial charge on any atom is -0.480 e. The summed E-state index contributed by atoms with van der Waals surface area (Å²) in [5, 5.41) is 11.8. The summed E-state index contributed by atoms with van der Waals surface area (Å²) in [7, 11) is 0. The number of carboxylic acid groups (broad SMARTS) is 1. The van der Waals surface area contributed by atoms with Crippen LogP contribution >= 0.6 is 0 Å². The molecular weight excluding hydrogens is 308 g/mol. The fourth-order valence-electron chi connectivity index (χ4n) is 2.89. The van der Waals surface area contributed by atoms with Crippen molar-refractivity contribution in [3.05, 3.63) is 35.9 Å². The Morgan fingerprint density at radius 1 is 1.12 bits per heavy atom. The number of hydrogen-bond donors (Lipinski definition) is 2. The lowest BCUT2D eigenvalue weighted by Gasteiger charge is -2.32. The van der Waals surface area contributed by atoms with Crippen LogP contribution in [0.1, 0.15) is 37.0 Å². The van der Waals surface area contributed by atoms with Crippen LogP contribution in [0.5, 0.6) is 0 Å². The second-order valence-electron chi connectivity index (χ2n) is 6.50. The minimum atomic E-state index is -1.02. The number of piperidine rings is 1. The smallest absolute Gasteiger partial charge is 0.326 e. The molecule has 1 aliphatic heterocycles. The number of carboxylic acids is 1. The van der Waals surface area contributed by atoms with Gasteiger partial charge in [-0.25, -0.2) is 4.79 Å². The molecule has 0 spiro atoms. The fourth-order valence-corrected chi connectivity index (χ4v) is 2.89. The van der Waals surface area contributed by atoms with E-state index in [4.69, 9.17) is 5.11 Å². The first-order valence-corrected chi connectivity index (χ1v) is 8.27. The normalized spacial score (nSPS) is 16.7. The number of carbonyl (C=O) groups is 3. The zero-order valence-corrected chi connectivity index (χ0v) is 14.1.